The second kappa shape index (κ2) is 14.5. The molecule has 3 nitrogen and oxygen atoms in total. The smallest absolute Gasteiger partial charge is 0.0701 e. The van der Waals surface area contributed by atoms with Gasteiger partial charge >= 0.3 is 0 Å². The van der Waals surface area contributed by atoms with Crippen molar-refractivity contribution in [1.82, 2.24) is 9.13 Å². The molecule has 9 aromatic carbocycles. The first-order valence-corrected chi connectivity index (χ1v) is 22.4. The Morgan fingerprint density at radius 1 is 0.359 bits per heavy atom. The average Bonchev–Trinajstić information content (AvgIpc) is 4.01. The highest BCUT2D eigenvalue weighted by Gasteiger charge is 2.40. The van der Waals surface area contributed by atoms with E-state index in [1.165, 1.54) is 88.4 Å². The Bertz CT molecular complexity index is 3360. The van der Waals surface area contributed by atoms with Crippen LogP contribution in [0, 0.1) is 0 Å². The molecule has 13 rings (SSSR count). The maximum absolute atomic E-state index is 2.54. The van der Waals surface area contributed by atoms with Gasteiger partial charge in [-0.1, -0.05) is 176 Å². The van der Waals surface area contributed by atoms with E-state index in [1.54, 1.807) is 0 Å². The number of fused-ring (bicyclic) bond motifs is 9. The number of aromatic nitrogens is 2. The van der Waals surface area contributed by atoms with Gasteiger partial charge in [0.25, 0.3) is 0 Å². The Balaban J connectivity index is 1.02. The molecule has 0 N–H and O–H groups in total. The summed E-state index contributed by atoms with van der Waals surface area (Å²) in [7, 11) is 0. The number of anilines is 2. The van der Waals surface area contributed by atoms with Crippen LogP contribution in [0.5, 0.6) is 0 Å². The summed E-state index contributed by atoms with van der Waals surface area (Å²) in [6, 6.07) is 83.4. The third kappa shape index (κ3) is 5.34. The average molecular weight is 818 g/mol. The van der Waals surface area contributed by atoms with E-state index >= 15 is 0 Å². The summed E-state index contributed by atoms with van der Waals surface area (Å²) < 4.78 is 4.82. The van der Waals surface area contributed by atoms with E-state index < -0.39 is 5.41 Å². The topological polar surface area (TPSA) is 13.1 Å². The fourth-order valence-electron chi connectivity index (χ4n) is 11.2. The minimum Gasteiger partial charge on any atom is -0.333 e. The summed E-state index contributed by atoms with van der Waals surface area (Å²) >= 11 is 0. The third-order valence-electron chi connectivity index (χ3n) is 14.0. The molecule has 1 unspecified atom stereocenters. The van der Waals surface area contributed by atoms with Crippen molar-refractivity contribution in [3.05, 3.63) is 271 Å². The lowest BCUT2D eigenvalue weighted by Crippen LogP contribution is -2.31. The summed E-state index contributed by atoms with van der Waals surface area (Å²) in [4.78, 5) is 2.54. The van der Waals surface area contributed by atoms with Gasteiger partial charge in [-0.2, -0.15) is 0 Å². The first-order valence-electron chi connectivity index (χ1n) is 22.4. The number of hydrogen-bond donors (Lipinski definition) is 0. The summed E-state index contributed by atoms with van der Waals surface area (Å²) in [6.45, 7) is 0. The molecule has 1 aliphatic carbocycles. The van der Waals surface area contributed by atoms with Crippen LogP contribution in [0.3, 0.4) is 0 Å². The third-order valence-corrected chi connectivity index (χ3v) is 14.0. The van der Waals surface area contributed by atoms with E-state index in [-0.39, 0.29) is 6.04 Å². The van der Waals surface area contributed by atoms with Crippen molar-refractivity contribution in [1.29, 1.82) is 0 Å². The van der Waals surface area contributed by atoms with Crippen molar-refractivity contribution in [3.8, 4) is 11.4 Å². The Morgan fingerprint density at radius 2 is 0.750 bits per heavy atom. The van der Waals surface area contributed by atoms with Gasteiger partial charge in [-0.25, -0.2) is 0 Å². The van der Waals surface area contributed by atoms with Crippen LogP contribution in [0.1, 0.15) is 34.2 Å². The van der Waals surface area contributed by atoms with Gasteiger partial charge in [-0.15, -0.1) is 0 Å². The van der Waals surface area contributed by atoms with Crippen LogP contribution in [0.25, 0.3) is 60.6 Å². The monoisotopic (exact) mass is 817 g/mol. The van der Waals surface area contributed by atoms with Crippen molar-refractivity contribution < 1.29 is 0 Å². The summed E-state index contributed by atoms with van der Waals surface area (Å²) in [5.41, 5.74) is 16.5. The molecule has 302 valence electrons. The highest BCUT2D eigenvalue weighted by Crippen LogP contribution is 2.50. The summed E-state index contributed by atoms with van der Waals surface area (Å²) in [5, 5.41) is 5.04. The van der Waals surface area contributed by atoms with E-state index in [0.29, 0.717) is 0 Å². The zero-order chi connectivity index (χ0) is 42.2. The van der Waals surface area contributed by atoms with Crippen molar-refractivity contribution >= 4 is 60.6 Å². The lowest BCUT2D eigenvalue weighted by Gasteiger charge is -2.37. The van der Waals surface area contributed by atoms with Gasteiger partial charge in [0, 0.05) is 49.9 Å². The normalized spacial score (nSPS) is 14.7. The lowest BCUT2D eigenvalue weighted by atomic mass is 9.65. The molecular formula is C61H43N3. The molecule has 0 fully saturated rings. The molecule has 2 aliphatic rings. The minimum absolute atomic E-state index is 0.272. The molecule has 64 heavy (non-hydrogen) atoms. The predicted molar refractivity (Wildman–Crippen MR) is 268 cm³/mol. The molecule has 0 spiro atoms. The Labute approximate surface area is 372 Å². The highest BCUT2D eigenvalue weighted by molar-refractivity contribution is 6.10. The van der Waals surface area contributed by atoms with E-state index in [2.05, 4.69) is 257 Å². The molecule has 0 saturated carbocycles. The number of rotatable bonds is 7. The Hall–Kier alpha value is -8.14. The van der Waals surface area contributed by atoms with Crippen LogP contribution >= 0.6 is 0 Å². The van der Waals surface area contributed by atoms with Crippen LogP contribution in [0.15, 0.2) is 243 Å². The fourth-order valence-corrected chi connectivity index (χ4v) is 11.2. The van der Waals surface area contributed by atoms with Gasteiger partial charge in [-0.05, 0) is 101 Å². The second-order valence-corrected chi connectivity index (χ2v) is 17.2. The number of para-hydroxylation sites is 5. The van der Waals surface area contributed by atoms with Crippen molar-refractivity contribution in [2.75, 3.05) is 4.90 Å². The van der Waals surface area contributed by atoms with Crippen LogP contribution < -0.4 is 4.90 Å². The summed E-state index contributed by atoms with van der Waals surface area (Å²) in [5.74, 6) is 0. The SMILES string of the molecule is C1=CCC2C(=C1)c1ccccc1N2c1ccc(C(c2ccccc2)(c2ccc(-n3c4ccccc4c4ccccc43)cc2)c2ccc(-n3c4ccccc4c4ccccc43)cc2)cc1. The predicted octanol–water partition coefficient (Wildman–Crippen LogP) is 15.1. The van der Waals surface area contributed by atoms with Crippen LogP contribution in [-0.4, -0.2) is 15.2 Å². The van der Waals surface area contributed by atoms with E-state index in [4.69, 9.17) is 0 Å². The minimum atomic E-state index is -0.653. The number of nitrogens with zero attached hydrogens (tertiary/aromatic N) is 3. The molecule has 0 amide bonds. The van der Waals surface area contributed by atoms with Gasteiger partial charge in [0.15, 0.2) is 0 Å². The highest BCUT2D eigenvalue weighted by atomic mass is 15.2. The number of benzene rings is 9. The first-order chi connectivity index (χ1) is 31.8. The van der Waals surface area contributed by atoms with Crippen molar-refractivity contribution in [2.24, 2.45) is 0 Å². The molecular weight excluding hydrogens is 775 g/mol. The van der Waals surface area contributed by atoms with Crippen molar-refractivity contribution in [3.63, 3.8) is 0 Å². The molecule has 1 aliphatic heterocycles. The van der Waals surface area contributed by atoms with Crippen LogP contribution in [-0.2, 0) is 5.41 Å². The maximum Gasteiger partial charge on any atom is 0.0701 e. The van der Waals surface area contributed by atoms with E-state index in [9.17, 15) is 0 Å². The molecule has 2 aromatic heterocycles. The molecule has 1 atom stereocenters. The first kappa shape index (κ1) is 36.5. The molecule has 0 saturated heterocycles. The largest absolute Gasteiger partial charge is 0.333 e. The van der Waals surface area contributed by atoms with Gasteiger partial charge in [-0.3, -0.25) is 0 Å². The van der Waals surface area contributed by atoms with Gasteiger partial charge in [0.2, 0.25) is 0 Å². The fraction of sp³-hybridized carbons (Fsp3) is 0.0492. The lowest BCUT2D eigenvalue weighted by molar-refractivity contribution is 0.743. The standard InChI is InChI=1S/C61H43N3/c1-2-16-42(17-3-1)61(43-30-36-46(37-31-43)62-55-24-10-4-18-49(55)50-19-5-11-25-56(50)62,44-32-38-47(39-33-44)63-57-26-12-6-20-51(57)52-21-7-13-27-58(52)63)45-34-40-48(41-35-45)64-59-28-14-8-22-53(59)54-23-9-15-29-60(54)64/h1-28,30-41,60H,29H2. The molecule has 11 aromatic rings. The van der Waals surface area contributed by atoms with Gasteiger partial charge in [0.1, 0.15) is 0 Å². The molecule has 3 heterocycles. The van der Waals surface area contributed by atoms with Crippen LogP contribution in [0.4, 0.5) is 11.4 Å². The molecule has 3 heteroatoms. The number of hydrogen-bond acceptors (Lipinski definition) is 1. The zero-order valence-corrected chi connectivity index (χ0v) is 35.2. The second-order valence-electron chi connectivity index (χ2n) is 17.2. The van der Waals surface area contributed by atoms with Gasteiger partial charge in [0.05, 0.1) is 33.5 Å². The van der Waals surface area contributed by atoms with Gasteiger partial charge < -0.3 is 14.0 Å². The maximum atomic E-state index is 2.54. The zero-order valence-electron chi connectivity index (χ0n) is 35.2. The van der Waals surface area contributed by atoms with E-state index in [0.717, 1.165) is 17.8 Å². The van der Waals surface area contributed by atoms with Crippen molar-refractivity contribution in [2.45, 2.75) is 17.9 Å². The number of allylic oxidation sites excluding steroid dienone is 2. The van der Waals surface area contributed by atoms with Crippen LogP contribution in [0.2, 0.25) is 0 Å². The summed E-state index contributed by atoms with van der Waals surface area (Å²) in [6.07, 6.45) is 7.79. The Kier molecular flexibility index (Phi) is 8.26. The van der Waals surface area contributed by atoms with E-state index in [1.807, 2.05) is 0 Å². The molecule has 0 bridgehead atoms. The Morgan fingerprint density at radius 3 is 1.23 bits per heavy atom. The quantitative estimate of drug-likeness (QED) is 0.146. The molecule has 0 radical (unpaired) electrons.